The average molecular weight is 205 g/mol. The van der Waals surface area contributed by atoms with Crippen LogP contribution in [0.15, 0.2) is 12.5 Å². The summed E-state index contributed by atoms with van der Waals surface area (Å²) in [7, 11) is 2.07. The molecule has 0 aliphatic heterocycles. The number of nitrogens with zero attached hydrogens (tertiary/aromatic N) is 3. The van der Waals surface area contributed by atoms with Gasteiger partial charge in [0.1, 0.15) is 11.8 Å². The van der Waals surface area contributed by atoms with Gasteiger partial charge in [-0.2, -0.15) is 0 Å². The molecule has 2 rings (SSSR count). The standard InChI is InChI=1S/C10H15N5/c1-3-15(2)5-7-4-12-9-8(7)13-6-14-10(9)11/h4,6,12H,3,5H2,1-2H3,(H2,11,13,14). The summed E-state index contributed by atoms with van der Waals surface area (Å²) in [5, 5.41) is 0. The molecule has 15 heavy (non-hydrogen) atoms. The Balaban J connectivity index is 2.41. The molecule has 2 aromatic heterocycles. The monoisotopic (exact) mass is 205 g/mol. The SMILES string of the molecule is CCN(C)Cc1c[nH]c2c(N)ncnc12. The van der Waals surface area contributed by atoms with E-state index in [-0.39, 0.29) is 0 Å². The molecule has 2 aromatic rings. The first-order chi connectivity index (χ1) is 7.22. The lowest BCUT2D eigenvalue weighted by atomic mass is 10.2. The fourth-order valence-corrected chi connectivity index (χ4v) is 1.54. The molecule has 0 aromatic carbocycles. The van der Waals surface area contributed by atoms with Gasteiger partial charge < -0.3 is 15.6 Å². The molecule has 0 saturated heterocycles. The number of anilines is 1. The van der Waals surface area contributed by atoms with Gasteiger partial charge in [0.2, 0.25) is 0 Å². The van der Waals surface area contributed by atoms with Crippen LogP contribution in [0.5, 0.6) is 0 Å². The van der Waals surface area contributed by atoms with E-state index in [9.17, 15) is 0 Å². The second kappa shape index (κ2) is 3.86. The van der Waals surface area contributed by atoms with E-state index in [0.717, 1.165) is 29.7 Å². The fourth-order valence-electron chi connectivity index (χ4n) is 1.54. The number of nitrogens with two attached hydrogens (primary N) is 1. The van der Waals surface area contributed by atoms with Crippen LogP contribution in [0.2, 0.25) is 0 Å². The molecule has 0 amide bonds. The molecule has 0 aliphatic carbocycles. The van der Waals surface area contributed by atoms with Gasteiger partial charge >= 0.3 is 0 Å². The Hall–Kier alpha value is -1.62. The highest BCUT2D eigenvalue weighted by molar-refractivity contribution is 5.86. The van der Waals surface area contributed by atoms with E-state index in [1.807, 2.05) is 6.20 Å². The van der Waals surface area contributed by atoms with Crippen LogP contribution < -0.4 is 5.73 Å². The van der Waals surface area contributed by atoms with Crippen LogP contribution in [-0.2, 0) is 6.54 Å². The molecular formula is C10H15N5. The van der Waals surface area contributed by atoms with Crippen LogP contribution in [0.25, 0.3) is 11.0 Å². The van der Waals surface area contributed by atoms with Gasteiger partial charge in [-0.15, -0.1) is 0 Å². The van der Waals surface area contributed by atoms with Gasteiger partial charge in [0, 0.05) is 18.3 Å². The molecule has 0 radical (unpaired) electrons. The van der Waals surface area contributed by atoms with Gasteiger partial charge in [-0.25, -0.2) is 9.97 Å². The number of H-pyrrole nitrogens is 1. The van der Waals surface area contributed by atoms with Crippen molar-refractivity contribution in [1.82, 2.24) is 19.9 Å². The molecule has 0 aliphatic rings. The summed E-state index contributed by atoms with van der Waals surface area (Å²) in [5.74, 6) is 0.505. The summed E-state index contributed by atoms with van der Waals surface area (Å²) >= 11 is 0. The zero-order valence-corrected chi connectivity index (χ0v) is 8.99. The van der Waals surface area contributed by atoms with Crippen molar-refractivity contribution in [2.45, 2.75) is 13.5 Å². The lowest BCUT2D eigenvalue weighted by Crippen LogP contribution is -2.16. The van der Waals surface area contributed by atoms with Gasteiger partial charge in [0.25, 0.3) is 0 Å². The molecule has 0 spiro atoms. The van der Waals surface area contributed by atoms with Crippen molar-refractivity contribution in [3.63, 3.8) is 0 Å². The van der Waals surface area contributed by atoms with E-state index in [1.54, 1.807) is 0 Å². The zero-order valence-electron chi connectivity index (χ0n) is 8.99. The fraction of sp³-hybridized carbons (Fsp3) is 0.400. The number of nitrogen functional groups attached to an aromatic ring is 1. The molecule has 0 unspecified atom stereocenters. The summed E-state index contributed by atoms with van der Waals surface area (Å²) in [6, 6.07) is 0. The van der Waals surface area contributed by atoms with E-state index in [0.29, 0.717) is 5.82 Å². The van der Waals surface area contributed by atoms with Crippen molar-refractivity contribution < 1.29 is 0 Å². The Morgan fingerprint density at radius 2 is 2.27 bits per heavy atom. The third kappa shape index (κ3) is 1.78. The first kappa shape index (κ1) is 9.92. The lowest BCUT2D eigenvalue weighted by Gasteiger charge is -2.12. The molecule has 0 atom stereocenters. The first-order valence-electron chi connectivity index (χ1n) is 4.97. The van der Waals surface area contributed by atoms with Gasteiger partial charge in [0.15, 0.2) is 5.82 Å². The molecule has 0 fully saturated rings. The van der Waals surface area contributed by atoms with Crippen molar-refractivity contribution in [3.05, 3.63) is 18.1 Å². The number of aromatic nitrogens is 3. The Bertz CT molecular complexity index is 462. The minimum atomic E-state index is 0.505. The maximum Gasteiger partial charge on any atom is 0.151 e. The molecule has 3 N–H and O–H groups in total. The predicted molar refractivity (Wildman–Crippen MR) is 60.3 cm³/mol. The van der Waals surface area contributed by atoms with E-state index in [4.69, 9.17) is 5.73 Å². The van der Waals surface area contributed by atoms with Crippen molar-refractivity contribution >= 4 is 16.9 Å². The zero-order chi connectivity index (χ0) is 10.8. The van der Waals surface area contributed by atoms with Crippen LogP contribution in [0.1, 0.15) is 12.5 Å². The van der Waals surface area contributed by atoms with Crippen LogP contribution in [-0.4, -0.2) is 33.4 Å². The minimum Gasteiger partial charge on any atom is -0.382 e. The molecule has 5 nitrogen and oxygen atoms in total. The second-order valence-electron chi connectivity index (χ2n) is 3.63. The topological polar surface area (TPSA) is 70.8 Å². The smallest absolute Gasteiger partial charge is 0.151 e. The van der Waals surface area contributed by atoms with Crippen molar-refractivity contribution in [3.8, 4) is 0 Å². The van der Waals surface area contributed by atoms with Crippen LogP contribution in [0, 0.1) is 0 Å². The van der Waals surface area contributed by atoms with Gasteiger partial charge in [-0.3, -0.25) is 0 Å². The van der Waals surface area contributed by atoms with E-state index < -0.39 is 0 Å². The lowest BCUT2D eigenvalue weighted by molar-refractivity contribution is 0.347. The molecular weight excluding hydrogens is 190 g/mol. The quantitative estimate of drug-likeness (QED) is 0.784. The van der Waals surface area contributed by atoms with Crippen LogP contribution >= 0.6 is 0 Å². The Morgan fingerprint density at radius 1 is 1.47 bits per heavy atom. The highest BCUT2D eigenvalue weighted by Gasteiger charge is 2.08. The van der Waals surface area contributed by atoms with Crippen molar-refractivity contribution in [2.75, 3.05) is 19.3 Å². The Labute approximate surface area is 88.3 Å². The molecule has 0 bridgehead atoms. The third-order valence-corrected chi connectivity index (χ3v) is 2.55. The molecule has 0 saturated carbocycles. The Morgan fingerprint density at radius 3 is 3.00 bits per heavy atom. The number of hydrogen-bond acceptors (Lipinski definition) is 4. The third-order valence-electron chi connectivity index (χ3n) is 2.55. The number of aromatic amines is 1. The summed E-state index contributed by atoms with van der Waals surface area (Å²) in [6.07, 6.45) is 3.45. The second-order valence-corrected chi connectivity index (χ2v) is 3.63. The van der Waals surface area contributed by atoms with Crippen LogP contribution in [0.3, 0.4) is 0 Å². The predicted octanol–water partition coefficient (Wildman–Crippen LogP) is 0.992. The largest absolute Gasteiger partial charge is 0.382 e. The van der Waals surface area contributed by atoms with Crippen molar-refractivity contribution in [2.24, 2.45) is 0 Å². The van der Waals surface area contributed by atoms with E-state index in [1.165, 1.54) is 6.33 Å². The molecule has 5 heteroatoms. The van der Waals surface area contributed by atoms with Gasteiger partial charge in [0.05, 0.1) is 5.52 Å². The van der Waals surface area contributed by atoms with E-state index in [2.05, 4.69) is 33.8 Å². The number of fused-ring (bicyclic) bond motifs is 1. The summed E-state index contributed by atoms with van der Waals surface area (Å²) in [6.45, 7) is 4.00. The summed E-state index contributed by atoms with van der Waals surface area (Å²) in [4.78, 5) is 13.5. The number of nitrogens with one attached hydrogen (secondary N) is 1. The van der Waals surface area contributed by atoms with Gasteiger partial charge in [-0.1, -0.05) is 6.92 Å². The Kier molecular flexibility index (Phi) is 2.55. The minimum absolute atomic E-state index is 0.505. The first-order valence-corrected chi connectivity index (χ1v) is 4.97. The maximum atomic E-state index is 5.74. The van der Waals surface area contributed by atoms with Crippen LogP contribution in [0.4, 0.5) is 5.82 Å². The highest BCUT2D eigenvalue weighted by atomic mass is 15.1. The summed E-state index contributed by atoms with van der Waals surface area (Å²) in [5.41, 5.74) is 8.64. The number of rotatable bonds is 3. The van der Waals surface area contributed by atoms with E-state index >= 15 is 0 Å². The maximum absolute atomic E-state index is 5.74. The van der Waals surface area contributed by atoms with Crippen molar-refractivity contribution in [1.29, 1.82) is 0 Å². The van der Waals surface area contributed by atoms with Gasteiger partial charge in [-0.05, 0) is 13.6 Å². The average Bonchev–Trinajstić information content (AvgIpc) is 2.63. The molecule has 80 valence electrons. The molecule has 2 heterocycles. The summed E-state index contributed by atoms with van der Waals surface area (Å²) < 4.78 is 0. The normalized spacial score (nSPS) is 11.4. The number of hydrogen-bond donors (Lipinski definition) is 2. The highest BCUT2D eigenvalue weighted by Crippen LogP contribution is 2.19.